The molecular weight excluding hydrogens is 254 g/mol. The summed E-state index contributed by atoms with van der Waals surface area (Å²) in [5, 5.41) is 2.68. The second kappa shape index (κ2) is 6.36. The Labute approximate surface area is 107 Å². The van der Waals surface area contributed by atoms with E-state index in [1.54, 1.807) is 24.3 Å². The van der Waals surface area contributed by atoms with Gasteiger partial charge in [0, 0.05) is 24.3 Å². The number of hydrogen-bond acceptors (Lipinski definition) is 4. The highest BCUT2D eigenvalue weighted by Gasteiger charge is 2.05. The fraction of sp³-hybridized carbons (Fsp3) is 0.364. The Kier molecular flexibility index (Phi) is 5.11. The zero-order chi connectivity index (χ0) is 13.6. The summed E-state index contributed by atoms with van der Waals surface area (Å²) in [6, 6.07) is 6.66. The van der Waals surface area contributed by atoms with Gasteiger partial charge in [0.2, 0.25) is 10.0 Å². The molecule has 6 nitrogen and oxygen atoms in total. The lowest BCUT2D eigenvalue weighted by Crippen LogP contribution is -2.29. The fourth-order valence-corrected chi connectivity index (χ4v) is 1.84. The van der Waals surface area contributed by atoms with Crippen LogP contribution in [0.2, 0.25) is 0 Å². The van der Waals surface area contributed by atoms with Gasteiger partial charge in [-0.25, -0.2) is 13.1 Å². The molecule has 0 radical (unpaired) electrons. The van der Waals surface area contributed by atoms with Crippen molar-refractivity contribution in [2.45, 2.75) is 6.42 Å². The summed E-state index contributed by atoms with van der Waals surface area (Å²) in [7, 11) is -3.16. The standard InChI is InChI=1S/C11H17N3O3S/c1-18(16,17)14-7-3-6-13-11(15)9-4-2-5-10(12)8-9/h2,4-5,8,14H,3,6-7,12H2,1H3,(H,13,15). The Morgan fingerprint density at radius 2 is 2.06 bits per heavy atom. The number of anilines is 1. The predicted molar refractivity (Wildman–Crippen MR) is 70.7 cm³/mol. The Morgan fingerprint density at radius 3 is 2.67 bits per heavy atom. The van der Waals surface area contributed by atoms with Crippen LogP contribution in [0.25, 0.3) is 0 Å². The van der Waals surface area contributed by atoms with Crippen molar-refractivity contribution in [2.75, 3.05) is 25.1 Å². The number of sulfonamides is 1. The molecule has 0 aliphatic rings. The SMILES string of the molecule is CS(=O)(=O)NCCCNC(=O)c1cccc(N)c1. The molecule has 0 saturated carbocycles. The highest BCUT2D eigenvalue weighted by atomic mass is 32.2. The van der Waals surface area contributed by atoms with Gasteiger partial charge in [0.15, 0.2) is 0 Å². The number of amides is 1. The molecule has 1 aromatic carbocycles. The van der Waals surface area contributed by atoms with Crippen LogP contribution in [0.15, 0.2) is 24.3 Å². The molecular formula is C11H17N3O3S. The van der Waals surface area contributed by atoms with Gasteiger partial charge in [0.05, 0.1) is 6.26 Å². The molecule has 0 atom stereocenters. The molecule has 0 saturated heterocycles. The predicted octanol–water partition coefficient (Wildman–Crippen LogP) is -0.0621. The lowest BCUT2D eigenvalue weighted by Gasteiger charge is -2.06. The van der Waals surface area contributed by atoms with Crippen molar-refractivity contribution in [2.24, 2.45) is 0 Å². The number of carbonyl (C=O) groups excluding carboxylic acids is 1. The molecule has 1 aromatic rings. The molecule has 1 rings (SSSR count). The molecule has 0 heterocycles. The van der Waals surface area contributed by atoms with E-state index in [0.29, 0.717) is 30.8 Å². The fourth-order valence-electron chi connectivity index (χ4n) is 1.33. The summed E-state index contributed by atoms with van der Waals surface area (Å²) >= 11 is 0. The van der Waals surface area contributed by atoms with Crippen molar-refractivity contribution in [3.05, 3.63) is 29.8 Å². The first-order valence-corrected chi connectivity index (χ1v) is 7.36. The molecule has 18 heavy (non-hydrogen) atoms. The monoisotopic (exact) mass is 271 g/mol. The normalized spacial score (nSPS) is 11.2. The Bertz CT molecular complexity index is 514. The molecule has 0 aromatic heterocycles. The second-order valence-electron chi connectivity index (χ2n) is 3.90. The number of nitrogens with one attached hydrogen (secondary N) is 2. The van der Waals surface area contributed by atoms with Gasteiger partial charge in [-0.05, 0) is 24.6 Å². The van der Waals surface area contributed by atoms with E-state index in [0.717, 1.165) is 6.26 Å². The highest BCUT2D eigenvalue weighted by molar-refractivity contribution is 7.88. The summed E-state index contributed by atoms with van der Waals surface area (Å²) in [5.74, 6) is -0.221. The van der Waals surface area contributed by atoms with Crippen LogP contribution in [0.5, 0.6) is 0 Å². The van der Waals surface area contributed by atoms with E-state index >= 15 is 0 Å². The van der Waals surface area contributed by atoms with Gasteiger partial charge < -0.3 is 11.1 Å². The van der Waals surface area contributed by atoms with Gasteiger partial charge in [0.1, 0.15) is 0 Å². The lowest BCUT2D eigenvalue weighted by atomic mass is 10.2. The van der Waals surface area contributed by atoms with Crippen LogP contribution in [-0.4, -0.2) is 33.7 Å². The number of benzene rings is 1. The molecule has 4 N–H and O–H groups in total. The molecule has 7 heteroatoms. The molecule has 1 amide bonds. The van der Waals surface area contributed by atoms with Crippen LogP contribution in [0.3, 0.4) is 0 Å². The van der Waals surface area contributed by atoms with E-state index < -0.39 is 10.0 Å². The van der Waals surface area contributed by atoms with Crippen LogP contribution in [0, 0.1) is 0 Å². The summed E-state index contributed by atoms with van der Waals surface area (Å²) in [4.78, 5) is 11.7. The van der Waals surface area contributed by atoms with Crippen molar-refractivity contribution >= 4 is 21.6 Å². The first-order valence-electron chi connectivity index (χ1n) is 5.47. The average Bonchev–Trinajstić information content (AvgIpc) is 2.26. The quantitative estimate of drug-likeness (QED) is 0.498. The number of carbonyl (C=O) groups is 1. The molecule has 0 fully saturated rings. The Balaban J connectivity index is 2.30. The zero-order valence-electron chi connectivity index (χ0n) is 10.1. The number of nitrogen functional groups attached to an aromatic ring is 1. The van der Waals surface area contributed by atoms with Gasteiger partial charge in [-0.1, -0.05) is 6.07 Å². The van der Waals surface area contributed by atoms with E-state index in [2.05, 4.69) is 10.0 Å². The van der Waals surface area contributed by atoms with Gasteiger partial charge in [-0.15, -0.1) is 0 Å². The van der Waals surface area contributed by atoms with Gasteiger partial charge in [0.25, 0.3) is 5.91 Å². The van der Waals surface area contributed by atoms with E-state index in [-0.39, 0.29) is 5.91 Å². The van der Waals surface area contributed by atoms with E-state index in [1.165, 1.54) is 0 Å². The second-order valence-corrected chi connectivity index (χ2v) is 5.73. The van der Waals surface area contributed by atoms with Crippen LogP contribution in [0.4, 0.5) is 5.69 Å². The van der Waals surface area contributed by atoms with Crippen molar-refractivity contribution in [1.29, 1.82) is 0 Å². The number of rotatable bonds is 6. The summed E-state index contributed by atoms with van der Waals surface area (Å²) in [6.07, 6.45) is 1.62. The van der Waals surface area contributed by atoms with Crippen LogP contribution >= 0.6 is 0 Å². The van der Waals surface area contributed by atoms with Crippen LogP contribution < -0.4 is 15.8 Å². The summed E-state index contributed by atoms with van der Waals surface area (Å²) in [5.41, 5.74) is 6.58. The molecule has 0 aliphatic carbocycles. The topological polar surface area (TPSA) is 101 Å². The summed E-state index contributed by atoms with van der Waals surface area (Å²) in [6.45, 7) is 0.701. The molecule has 100 valence electrons. The van der Waals surface area contributed by atoms with Crippen molar-refractivity contribution in [3.63, 3.8) is 0 Å². The number of nitrogens with two attached hydrogens (primary N) is 1. The Morgan fingerprint density at radius 1 is 1.33 bits per heavy atom. The first kappa shape index (κ1) is 14.5. The molecule has 0 aliphatic heterocycles. The Hall–Kier alpha value is -1.60. The largest absolute Gasteiger partial charge is 0.399 e. The third-order valence-electron chi connectivity index (χ3n) is 2.15. The molecule has 0 spiro atoms. The van der Waals surface area contributed by atoms with Crippen molar-refractivity contribution < 1.29 is 13.2 Å². The van der Waals surface area contributed by atoms with Crippen molar-refractivity contribution in [1.82, 2.24) is 10.0 Å². The zero-order valence-corrected chi connectivity index (χ0v) is 11.0. The van der Waals surface area contributed by atoms with E-state index in [9.17, 15) is 13.2 Å². The third-order valence-corrected chi connectivity index (χ3v) is 2.88. The minimum Gasteiger partial charge on any atom is -0.399 e. The van der Waals surface area contributed by atoms with Crippen molar-refractivity contribution in [3.8, 4) is 0 Å². The maximum Gasteiger partial charge on any atom is 0.251 e. The van der Waals surface area contributed by atoms with Crippen LogP contribution in [0.1, 0.15) is 16.8 Å². The number of hydrogen-bond donors (Lipinski definition) is 3. The minimum atomic E-state index is -3.16. The molecule has 0 unspecified atom stereocenters. The lowest BCUT2D eigenvalue weighted by molar-refractivity contribution is 0.0953. The highest BCUT2D eigenvalue weighted by Crippen LogP contribution is 2.05. The summed E-state index contributed by atoms with van der Waals surface area (Å²) < 4.78 is 23.9. The third kappa shape index (κ3) is 5.65. The van der Waals surface area contributed by atoms with Gasteiger partial charge in [-0.3, -0.25) is 4.79 Å². The van der Waals surface area contributed by atoms with Crippen LogP contribution in [-0.2, 0) is 10.0 Å². The minimum absolute atomic E-state index is 0.221. The maximum absolute atomic E-state index is 11.7. The first-order chi connectivity index (χ1) is 8.38. The van der Waals surface area contributed by atoms with E-state index in [1.807, 2.05) is 0 Å². The smallest absolute Gasteiger partial charge is 0.251 e. The average molecular weight is 271 g/mol. The van der Waals surface area contributed by atoms with Gasteiger partial charge >= 0.3 is 0 Å². The van der Waals surface area contributed by atoms with E-state index in [4.69, 9.17) is 5.73 Å². The molecule has 0 bridgehead atoms. The maximum atomic E-state index is 11.7. The van der Waals surface area contributed by atoms with Gasteiger partial charge in [-0.2, -0.15) is 0 Å².